The quantitative estimate of drug-likeness (QED) is 0.285. The van der Waals surface area contributed by atoms with E-state index in [-0.39, 0.29) is 17.9 Å². The highest BCUT2D eigenvalue weighted by molar-refractivity contribution is 9.10. The molecule has 4 rings (SSSR count). The van der Waals surface area contributed by atoms with Gasteiger partial charge in [0.2, 0.25) is 0 Å². The largest absolute Gasteiger partial charge is 0.507 e. The molecule has 146 valence electrons. The normalized spacial score (nSPS) is 18.4. The fraction of sp³-hybridized carbons (Fsp3) is 0.0909. The van der Waals surface area contributed by atoms with Crippen LogP contribution in [0.5, 0.6) is 0 Å². The predicted molar refractivity (Wildman–Crippen MR) is 115 cm³/mol. The van der Waals surface area contributed by atoms with E-state index < -0.39 is 17.7 Å². The van der Waals surface area contributed by atoms with Gasteiger partial charge in [-0.05, 0) is 42.0 Å². The van der Waals surface area contributed by atoms with Crippen LogP contribution in [0.15, 0.2) is 85.9 Å². The van der Waals surface area contributed by atoms with Gasteiger partial charge in [-0.2, -0.15) is 0 Å². The molecule has 1 aliphatic rings. The van der Waals surface area contributed by atoms with Crippen LogP contribution in [0.4, 0.5) is 0 Å². The van der Waals surface area contributed by atoms with Crippen LogP contribution in [-0.4, -0.2) is 21.7 Å². The molecule has 1 aromatic heterocycles. The summed E-state index contributed by atoms with van der Waals surface area (Å²) in [6.07, 6.45) is 1.52. The lowest BCUT2D eigenvalue weighted by atomic mass is 9.95. The standard InChI is InChI=1S/C22H15Br2NO4/c23-15-7-3-13(4-8-15)19-18(20(26)14-5-9-16(24)10-6-14)21(27)22(28)25(19)12-17-2-1-11-29-17/h1-11,19,26H,12H2/b20-18+. The number of furan rings is 1. The van der Waals surface area contributed by atoms with Gasteiger partial charge < -0.3 is 14.4 Å². The average Bonchev–Trinajstić information content (AvgIpc) is 3.31. The third-order valence-electron chi connectivity index (χ3n) is 4.75. The van der Waals surface area contributed by atoms with E-state index >= 15 is 0 Å². The molecule has 1 N–H and O–H groups in total. The minimum Gasteiger partial charge on any atom is -0.507 e. The number of aliphatic hydroxyl groups is 1. The van der Waals surface area contributed by atoms with Crippen LogP contribution < -0.4 is 0 Å². The lowest BCUT2D eigenvalue weighted by molar-refractivity contribution is -0.140. The van der Waals surface area contributed by atoms with E-state index in [2.05, 4.69) is 31.9 Å². The zero-order valence-corrected chi connectivity index (χ0v) is 18.2. The Hall–Kier alpha value is -2.64. The van der Waals surface area contributed by atoms with E-state index in [1.165, 1.54) is 11.2 Å². The van der Waals surface area contributed by atoms with Crippen molar-refractivity contribution in [1.82, 2.24) is 4.90 Å². The Labute approximate surface area is 183 Å². The summed E-state index contributed by atoms with van der Waals surface area (Å²) >= 11 is 6.76. The van der Waals surface area contributed by atoms with E-state index in [0.717, 1.165) is 14.5 Å². The molecule has 1 fully saturated rings. The summed E-state index contributed by atoms with van der Waals surface area (Å²) in [5.41, 5.74) is 1.25. The third-order valence-corrected chi connectivity index (χ3v) is 5.81. The molecule has 1 amide bonds. The molecule has 0 aliphatic carbocycles. The van der Waals surface area contributed by atoms with Gasteiger partial charge >= 0.3 is 0 Å². The fourth-order valence-corrected chi connectivity index (χ4v) is 3.90. The van der Waals surface area contributed by atoms with Gasteiger partial charge in [0.05, 0.1) is 24.4 Å². The molecule has 3 aromatic rings. The number of benzene rings is 2. The van der Waals surface area contributed by atoms with Gasteiger partial charge in [0.15, 0.2) is 0 Å². The van der Waals surface area contributed by atoms with E-state index in [4.69, 9.17) is 4.42 Å². The first-order valence-electron chi connectivity index (χ1n) is 8.78. The first-order valence-corrected chi connectivity index (χ1v) is 10.4. The van der Waals surface area contributed by atoms with Gasteiger partial charge in [-0.25, -0.2) is 0 Å². The average molecular weight is 517 g/mol. The van der Waals surface area contributed by atoms with Gasteiger partial charge in [-0.15, -0.1) is 0 Å². The summed E-state index contributed by atoms with van der Waals surface area (Å²) in [6.45, 7) is 0.120. The Morgan fingerprint density at radius 2 is 1.59 bits per heavy atom. The molecular weight excluding hydrogens is 502 g/mol. The van der Waals surface area contributed by atoms with Crippen LogP contribution in [0.25, 0.3) is 5.76 Å². The van der Waals surface area contributed by atoms with Crippen molar-refractivity contribution in [2.24, 2.45) is 0 Å². The van der Waals surface area contributed by atoms with Crippen LogP contribution >= 0.6 is 31.9 Å². The number of Topliss-reactive ketones (excluding diaryl/α,β-unsaturated/α-hetero) is 1. The first-order chi connectivity index (χ1) is 14.0. The molecule has 0 spiro atoms. The number of hydrogen-bond donors (Lipinski definition) is 1. The van der Waals surface area contributed by atoms with Gasteiger partial charge in [-0.1, -0.05) is 56.1 Å². The molecule has 0 saturated carbocycles. The molecule has 7 heteroatoms. The zero-order chi connectivity index (χ0) is 20.5. The van der Waals surface area contributed by atoms with Crippen molar-refractivity contribution in [3.63, 3.8) is 0 Å². The minimum absolute atomic E-state index is 0.0613. The summed E-state index contributed by atoms with van der Waals surface area (Å²) in [4.78, 5) is 27.2. The molecule has 1 atom stereocenters. The van der Waals surface area contributed by atoms with Crippen molar-refractivity contribution in [3.05, 3.63) is 98.3 Å². The number of halogens is 2. The van der Waals surface area contributed by atoms with Crippen LogP contribution in [0.3, 0.4) is 0 Å². The molecule has 1 aliphatic heterocycles. The first kappa shape index (κ1) is 19.7. The number of ketones is 1. The molecule has 29 heavy (non-hydrogen) atoms. The number of likely N-dealkylation sites (tertiary alicyclic amines) is 1. The lowest BCUT2D eigenvalue weighted by Crippen LogP contribution is -2.29. The zero-order valence-electron chi connectivity index (χ0n) is 15.0. The second-order valence-corrected chi connectivity index (χ2v) is 8.40. The molecule has 1 unspecified atom stereocenters. The van der Waals surface area contributed by atoms with E-state index in [9.17, 15) is 14.7 Å². The lowest BCUT2D eigenvalue weighted by Gasteiger charge is -2.24. The Kier molecular flexibility index (Phi) is 5.43. The Morgan fingerprint density at radius 1 is 0.966 bits per heavy atom. The summed E-state index contributed by atoms with van der Waals surface area (Å²) in [5, 5.41) is 11.0. The molecular formula is C22H15Br2NO4. The summed E-state index contributed by atoms with van der Waals surface area (Å²) in [7, 11) is 0. The Balaban J connectivity index is 1.86. The van der Waals surface area contributed by atoms with Crippen molar-refractivity contribution >= 4 is 49.3 Å². The maximum absolute atomic E-state index is 12.9. The SMILES string of the molecule is O=C1C(=O)N(Cc2ccco2)C(c2ccc(Br)cc2)/C1=C(\O)c1ccc(Br)cc1. The molecule has 1 saturated heterocycles. The van der Waals surface area contributed by atoms with Crippen molar-refractivity contribution in [2.45, 2.75) is 12.6 Å². The highest BCUT2D eigenvalue weighted by Crippen LogP contribution is 2.40. The fourth-order valence-electron chi connectivity index (χ4n) is 3.37. The monoisotopic (exact) mass is 515 g/mol. The smallest absolute Gasteiger partial charge is 0.296 e. The summed E-state index contributed by atoms with van der Waals surface area (Å²) in [6, 6.07) is 17.0. The van der Waals surface area contributed by atoms with Crippen molar-refractivity contribution in [2.75, 3.05) is 0 Å². The van der Waals surface area contributed by atoms with E-state index in [0.29, 0.717) is 11.3 Å². The number of amides is 1. The molecule has 0 radical (unpaired) electrons. The molecule has 5 nitrogen and oxygen atoms in total. The Morgan fingerprint density at radius 3 is 2.17 bits per heavy atom. The maximum atomic E-state index is 12.9. The van der Waals surface area contributed by atoms with Gasteiger partial charge in [0.1, 0.15) is 11.5 Å². The van der Waals surface area contributed by atoms with E-state index in [1.807, 2.05) is 24.3 Å². The van der Waals surface area contributed by atoms with Gasteiger partial charge in [-0.3, -0.25) is 9.59 Å². The van der Waals surface area contributed by atoms with Gasteiger partial charge in [0.25, 0.3) is 11.7 Å². The predicted octanol–water partition coefficient (Wildman–Crippen LogP) is 5.43. The van der Waals surface area contributed by atoms with Crippen LogP contribution in [0.1, 0.15) is 22.9 Å². The number of carbonyl (C=O) groups is 2. The van der Waals surface area contributed by atoms with Crippen LogP contribution in [-0.2, 0) is 16.1 Å². The second-order valence-electron chi connectivity index (χ2n) is 6.56. The number of nitrogens with zero attached hydrogens (tertiary/aromatic N) is 1. The van der Waals surface area contributed by atoms with Crippen LogP contribution in [0.2, 0.25) is 0 Å². The number of carbonyl (C=O) groups excluding carboxylic acids is 2. The number of aliphatic hydroxyl groups excluding tert-OH is 1. The molecule has 0 bridgehead atoms. The van der Waals surface area contributed by atoms with Crippen molar-refractivity contribution < 1.29 is 19.1 Å². The van der Waals surface area contributed by atoms with Crippen molar-refractivity contribution in [1.29, 1.82) is 0 Å². The van der Waals surface area contributed by atoms with Crippen molar-refractivity contribution in [3.8, 4) is 0 Å². The molecule has 2 heterocycles. The second kappa shape index (κ2) is 8.00. The van der Waals surface area contributed by atoms with Gasteiger partial charge in [0, 0.05) is 14.5 Å². The summed E-state index contributed by atoms with van der Waals surface area (Å²) < 4.78 is 7.10. The topological polar surface area (TPSA) is 70.8 Å². The Bertz CT molecular complexity index is 1090. The molecule has 2 aromatic carbocycles. The number of rotatable bonds is 4. The maximum Gasteiger partial charge on any atom is 0.296 e. The van der Waals surface area contributed by atoms with E-state index in [1.54, 1.807) is 36.4 Å². The van der Waals surface area contributed by atoms with Crippen LogP contribution in [0, 0.1) is 0 Å². The number of hydrogen-bond acceptors (Lipinski definition) is 4. The summed E-state index contributed by atoms with van der Waals surface area (Å²) in [5.74, 6) is -1.04. The highest BCUT2D eigenvalue weighted by Gasteiger charge is 2.46. The third kappa shape index (κ3) is 3.80. The highest BCUT2D eigenvalue weighted by atomic mass is 79.9. The minimum atomic E-state index is -0.725.